The lowest BCUT2D eigenvalue weighted by Crippen LogP contribution is -2.39. The summed E-state index contributed by atoms with van der Waals surface area (Å²) in [6.07, 6.45) is -2.71. The van der Waals surface area contributed by atoms with Gasteiger partial charge in [0.1, 0.15) is 17.1 Å². The lowest BCUT2D eigenvalue weighted by atomic mass is 10.1. The lowest BCUT2D eigenvalue weighted by molar-refractivity contribution is 0.0556. The molecule has 0 radical (unpaired) electrons. The fourth-order valence-electron chi connectivity index (χ4n) is 1.64. The summed E-state index contributed by atoms with van der Waals surface area (Å²) in [5.41, 5.74) is 4.90. The van der Waals surface area contributed by atoms with Gasteiger partial charge in [0.2, 0.25) is 0 Å². The van der Waals surface area contributed by atoms with Gasteiger partial charge in [-0.1, -0.05) is 6.07 Å². The largest absolute Gasteiger partial charge is 0.496 e. The van der Waals surface area contributed by atoms with E-state index in [2.05, 4.69) is 0 Å². The van der Waals surface area contributed by atoms with Gasteiger partial charge in [0, 0.05) is 13.1 Å². The molecule has 1 amide bonds. The van der Waals surface area contributed by atoms with Crippen LogP contribution < -0.4 is 10.5 Å². The highest BCUT2D eigenvalue weighted by Crippen LogP contribution is 2.23. The van der Waals surface area contributed by atoms with E-state index in [9.17, 15) is 18.0 Å². The van der Waals surface area contributed by atoms with Crippen molar-refractivity contribution in [3.63, 3.8) is 0 Å². The third kappa shape index (κ3) is 3.85. The van der Waals surface area contributed by atoms with Crippen LogP contribution in [0.25, 0.3) is 0 Å². The fourth-order valence-corrected chi connectivity index (χ4v) is 1.64. The Labute approximate surface area is 108 Å². The third-order valence-electron chi connectivity index (χ3n) is 2.45. The molecule has 0 aliphatic carbocycles. The van der Waals surface area contributed by atoms with Crippen LogP contribution in [0.4, 0.5) is 13.2 Å². The van der Waals surface area contributed by atoms with E-state index >= 15 is 0 Å². The van der Waals surface area contributed by atoms with Crippen molar-refractivity contribution in [2.75, 3.05) is 26.7 Å². The Bertz CT molecular complexity index is 441. The van der Waals surface area contributed by atoms with E-state index < -0.39 is 24.7 Å². The molecule has 19 heavy (non-hydrogen) atoms. The van der Waals surface area contributed by atoms with Gasteiger partial charge >= 0.3 is 0 Å². The molecule has 0 atom stereocenters. The molecule has 0 bridgehead atoms. The number of ether oxygens (including phenoxy) is 1. The molecule has 0 aliphatic rings. The van der Waals surface area contributed by atoms with Gasteiger partial charge in [-0.15, -0.1) is 0 Å². The van der Waals surface area contributed by atoms with Crippen molar-refractivity contribution in [2.45, 2.75) is 6.43 Å². The maximum absolute atomic E-state index is 13.7. The topological polar surface area (TPSA) is 55.6 Å². The molecule has 0 aliphatic heterocycles. The standard InChI is InChI=1S/C12H15F3N2O2/c1-19-9-4-2-3-8(13)11(9)12(18)17(6-5-16)7-10(14)15/h2-4,10H,5-7,16H2,1H3. The number of carbonyl (C=O) groups is 1. The van der Waals surface area contributed by atoms with Gasteiger partial charge in [0.25, 0.3) is 12.3 Å². The first-order valence-electron chi connectivity index (χ1n) is 5.61. The van der Waals surface area contributed by atoms with Crippen LogP contribution in [0.1, 0.15) is 10.4 Å². The van der Waals surface area contributed by atoms with E-state index in [1.54, 1.807) is 0 Å². The summed E-state index contributed by atoms with van der Waals surface area (Å²) in [4.78, 5) is 12.9. The molecular weight excluding hydrogens is 261 g/mol. The van der Waals surface area contributed by atoms with Crippen molar-refractivity contribution in [3.05, 3.63) is 29.6 Å². The van der Waals surface area contributed by atoms with Crippen molar-refractivity contribution in [1.29, 1.82) is 0 Å². The Balaban J connectivity index is 3.08. The number of halogens is 3. The Morgan fingerprint density at radius 2 is 2.16 bits per heavy atom. The van der Waals surface area contributed by atoms with Crippen molar-refractivity contribution in [3.8, 4) is 5.75 Å². The van der Waals surface area contributed by atoms with Gasteiger partial charge in [-0.05, 0) is 12.1 Å². The molecule has 4 nitrogen and oxygen atoms in total. The zero-order valence-electron chi connectivity index (χ0n) is 10.4. The van der Waals surface area contributed by atoms with E-state index in [0.29, 0.717) is 0 Å². The first-order chi connectivity index (χ1) is 9.01. The second-order valence-electron chi connectivity index (χ2n) is 3.75. The van der Waals surface area contributed by atoms with E-state index in [1.807, 2.05) is 0 Å². The van der Waals surface area contributed by atoms with Crippen LogP contribution in [-0.2, 0) is 0 Å². The normalized spacial score (nSPS) is 10.6. The smallest absolute Gasteiger partial charge is 0.260 e. The minimum Gasteiger partial charge on any atom is -0.496 e. The average molecular weight is 276 g/mol. The summed E-state index contributed by atoms with van der Waals surface area (Å²) in [5, 5.41) is 0. The molecule has 0 unspecified atom stereocenters. The molecule has 106 valence electrons. The number of alkyl halides is 2. The van der Waals surface area contributed by atoms with E-state index in [4.69, 9.17) is 10.5 Å². The molecule has 0 saturated heterocycles. The molecule has 0 heterocycles. The summed E-state index contributed by atoms with van der Waals surface area (Å²) in [7, 11) is 1.27. The fraction of sp³-hybridized carbons (Fsp3) is 0.417. The van der Waals surface area contributed by atoms with Crippen LogP contribution in [0.2, 0.25) is 0 Å². The summed E-state index contributed by atoms with van der Waals surface area (Å²) in [6, 6.07) is 3.82. The maximum atomic E-state index is 13.7. The quantitative estimate of drug-likeness (QED) is 0.856. The Morgan fingerprint density at radius 3 is 2.68 bits per heavy atom. The molecule has 0 fully saturated rings. The minimum atomic E-state index is -2.71. The highest BCUT2D eigenvalue weighted by atomic mass is 19.3. The highest BCUT2D eigenvalue weighted by molar-refractivity contribution is 5.97. The van der Waals surface area contributed by atoms with Crippen LogP contribution in [0.3, 0.4) is 0 Å². The molecule has 1 aromatic rings. The second kappa shape index (κ2) is 6.98. The van der Waals surface area contributed by atoms with Crippen molar-refractivity contribution < 1.29 is 22.7 Å². The van der Waals surface area contributed by atoms with Gasteiger partial charge in [-0.2, -0.15) is 0 Å². The minimum absolute atomic E-state index is 0.00119. The molecule has 0 spiro atoms. The predicted octanol–water partition coefficient (Wildman–Crippen LogP) is 1.50. The SMILES string of the molecule is COc1cccc(F)c1C(=O)N(CCN)CC(F)F. The number of hydrogen-bond acceptors (Lipinski definition) is 3. The number of nitrogens with zero attached hydrogens (tertiary/aromatic N) is 1. The first-order valence-corrected chi connectivity index (χ1v) is 5.61. The van der Waals surface area contributed by atoms with Crippen molar-refractivity contribution >= 4 is 5.91 Å². The summed E-state index contributed by atoms with van der Waals surface area (Å²) in [5.74, 6) is -1.68. The number of methoxy groups -OCH3 is 1. The Hall–Kier alpha value is -1.76. The molecule has 0 aromatic heterocycles. The molecule has 7 heteroatoms. The number of hydrogen-bond donors (Lipinski definition) is 1. The van der Waals surface area contributed by atoms with Crippen LogP contribution in [0, 0.1) is 5.82 Å². The van der Waals surface area contributed by atoms with Crippen LogP contribution >= 0.6 is 0 Å². The van der Waals surface area contributed by atoms with Gasteiger partial charge in [0.05, 0.1) is 13.7 Å². The maximum Gasteiger partial charge on any atom is 0.260 e. The number of rotatable bonds is 6. The number of carbonyl (C=O) groups excluding carboxylic acids is 1. The second-order valence-corrected chi connectivity index (χ2v) is 3.75. The Morgan fingerprint density at radius 1 is 1.47 bits per heavy atom. The van der Waals surface area contributed by atoms with Crippen LogP contribution in [0.5, 0.6) is 5.75 Å². The number of benzene rings is 1. The van der Waals surface area contributed by atoms with E-state index in [-0.39, 0.29) is 24.4 Å². The molecule has 1 aromatic carbocycles. The van der Waals surface area contributed by atoms with Crippen molar-refractivity contribution in [1.82, 2.24) is 4.90 Å². The molecule has 1 rings (SSSR count). The van der Waals surface area contributed by atoms with Crippen LogP contribution in [-0.4, -0.2) is 44.0 Å². The lowest BCUT2D eigenvalue weighted by Gasteiger charge is -2.22. The molecular formula is C12H15F3N2O2. The monoisotopic (exact) mass is 276 g/mol. The molecule has 0 saturated carbocycles. The number of nitrogens with two attached hydrogens (primary N) is 1. The zero-order chi connectivity index (χ0) is 14.4. The van der Waals surface area contributed by atoms with E-state index in [0.717, 1.165) is 11.0 Å². The summed E-state index contributed by atoms with van der Waals surface area (Å²) < 4.78 is 43.4. The number of amides is 1. The van der Waals surface area contributed by atoms with Crippen LogP contribution in [0.15, 0.2) is 18.2 Å². The van der Waals surface area contributed by atoms with Gasteiger partial charge in [-0.3, -0.25) is 4.79 Å². The van der Waals surface area contributed by atoms with Gasteiger partial charge < -0.3 is 15.4 Å². The van der Waals surface area contributed by atoms with Gasteiger partial charge in [0.15, 0.2) is 0 Å². The zero-order valence-corrected chi connectivity index (χ0v) is 10.4. The predicted molar refractivity (Wildman–Crippen MR) is 63.9 cm³/mol. The Kier molecular flexibility index (Phi) is 5.62. The average Bonchev–Trinajstić information content (AvgIpc) is 2.36. The van der Waals surface area contributed by atoms with E-state index in [1.165, 1.54) is 19.2 Å². The third-order valence-corrected chi connectivity index (χ3v) is 2.45. The van der Waals surface area contributed by atoms with Gasteiger partial charge in [-0.25, -0.2) is 13.2 Å². The summed E-state index contributed by atoms with van der Waals surface area (Å²) in [6.45, 7) is -0.872. The summed E-state index contributed by atoms with van der Waals surface area (Å²) >= 11 is 0. The van der Waals surface area contributed by atoms with Crippen molar-refractivity contribution in [2.24, 2.45) is 5.73 Å². The first kappa shape index (κ1) is 15.3. The highest BCUT2D eigenvalue weighted by Gasteiger charge is 2.25. The molecule has 2 N–H and O–H groups in total.